The molecule has 2 rings (SSSR count). The van der Waals surface area contributed by atoms with Gasteiger partial charge < -0.3 is 9.47 Å². The van der Waals surface area contributed by atoms with Gasteiger partial charge in [-0.05, 0) is 29.8 Å². The van der Waals surface area contributed by atoms with Crippen LogP contribution >= 0.6 is 11.6 Å². The number of ether oxygens (including phenoxy) is 2. The zero-order valence-electron chi connectivity index (χ0n) is 14.6. The Morgan fingerprint density at radius 2 is 1.89 bits per heavy atom. The van der Waals surface area contributed by atoms with Crippen LogP contribution in [0.3, 0.4) is 0 Å². The smallest absolute Gasteiger partial charge is 0.387 e. The van der Waals surface area contributed by atoms with Crippen LogP contribution in [0.15, 0.2) is 41.3 Å². The number of sulfonamides is 1. The highest BCUT2D eigenvalue weighted by atomic mass is 35.5. The van der Waals surface area contributed by atoms with Crippen molar-refractivity contribution in [3.05, 3.63) is 57.1 Å². The average molecular weight is 437 g/mol. The second-order valence-corrected chi connectivity index (χ2v) is 7.94. The summed E-state index contributed by atoms with van der Waals surface area (Å²) in [6, 6.07) is 7.15. The number of nitro groups is 1. The van der Waals surface area contributed by atoms with Crippen molar-refractivity contribution >= 4 is 27.3 Å². The fourth-order valence-electron chi connectivity index (χ4n) is 2.37. The van der Waals surface area contributed by atoms with Crippen LogP contribution in [0, 0.1) is 10.1 Å². The van der Waals surface area contributed by atoms with E-state index >= 15 is 0 Å². The molecule has 0 aliphatic carbocycles. The fourth-order valence-corrected chi connectivity index (χ4v) is 3.82. The third-order valence-corrected chi connectivity index (χ3v) is 5.74. The van der Waals surface area contributed by atoms with Crippen molar-refractivity contribution < 1.29 is 31.6 Å². The van der Waals surface area contributed by atoms with Gasteiger partial charge in [0.2, 0.25) is 10.0 Å². The molecule has 8 nitrogen and oxygen atoms in total. The molecule has 0 spiro atoms. The summed E-state index contributed by atoms with van der Waals surface area (Å²) in [6.07, 6.45) is 0. The molecule has 28 heavy (non-hydrogen) atoms. The van der Waals surface area contributed by atoms with Crippen LogP contribution in [-0.4, -0.2) is 38.4 Å². The number of nitrogens with zero attached hydrogens (tertiary/aromatic N) is 2. The van der Waals surface area contributed by atoms with Gasteiger partial charge in [-0.3, -0.25) is 10.1 Å². The zero-order chi connectivity index (χ0) is 21.1. The quantitative estimate of drug-likeness (QED) is 0.462. The average Bonchev–Trinajstić information content (AvgIpc) is 2.62. The number of methoxy groups -OCH3 is 1. The lowest BCUT2D eigenvalue weighted by atomic mass is 10.2. The fraction of sp³-hybridized carbons (Fsp3) is 0.250. The summed E-state index contributed by atoms with van der Waals surface area (Å²) in [5, 5.41) is 11.2. The minimum absolute atomic E-state index is 0.0129. The summed E-state index contributed by atoms with van der Waals surface area (Å²) < 4.78 is 60.5. The van der Waals surface area contributed by atoms with Gasteiger partial charge in [0.05, 0.1) is 12.0 Å². The van der Waals surface area contributed by atoms with Crippen LogP contribution in [0.2, 0.25) is 5.02 Å². The Labute approximate surface area is 164 Å². The molecule has 2 aromatic rings. The lowest BCUT2D eigenvalue weighted by Gasteiger charge is -2.18. The molecule has 152 valence electrons. The highest BCUT2D eigenvalue weighted by Crippen LogP contribution is 2.32. The molecule has 0 aliphatic heterocycles. The third-order valence-electron chi connectivity index (χ3n) is 3.66. The van der Waals surface area contributed by atoms with Gasteiger partial charge >= 0.3 is 6.61 Å². The first-order chi connectivity index (χ1) is 13.1. The van der Waals surface area contributed by atoms with Crippen molar-refractivity contribution in [2.24, 2.45) is 0 Å². The highest BCUT2D eigenvalue weighted by Gasteiger charge is 2.30. The van der Waals surface area contributed by atoms with Crippen molar-refractivity contribution in [2.45, 2.75) is 18.1 Å². The number of halogens is 3. The van der Waals surface area contributed by atoms with E-state index in [0.29, 0.717) is 5.56 Å². The Kier molecular flexibility index (Phi) is 6.75. The summed E-state index contributed by atoms with van der Waals surface area (Å²) in [6.45, 7) is -3.25. The maximum Gasteiger partial charge on any atom is 0.387 e. The van der Waals surface area contributed by atoms with Crippen LogP contribution < -0.4 is 9.47 Å². The zero-order valence-corrected chi connectivity index (χ0v) is 16.2. The molecular weight excluding hydrogens is 422 g/mol. The van der Waals surface area contributed by atoms with Gasteiger partial charge in [0.1, 0.15) is 0 Å². The minimum Gasteiger partial charge on any atom is -0.493 e. The molecule has 0 fully saturated rings. The molecule has 0 saturated heterocycles. The van der Waals surface area contributed by atoms with Crippen molar-refractivity contribution in [1.29, 1.82) is 0 Å². The standard InChI is InChI=1S/C16H15ClF2N2O6S/c1-20(9-10-3-5-13(27-16(18)19)14(7-10)26-2)28(24,25)15-6-4-11(17)8-12(15)21(22)23/h3-8,16H,9H2,1-2H3. The first-order valence-electron chi connectivity index (χ1n) is 7.58. The minimum atomic E-state index is -4.24. The molecule has 0 atom stereocenters. The van der Waals surface area contributed by atoms with Crippen molar-refractivity contribution in [1.82, 2.24) is 4.31 Å². The van der Waals surface area contributed by atoms with E-state index in [1.54, 1.807) is 0 Å². The largest absolute Gasteiger partial charge is 0.493 e. The lowest BCUT2D eigenvalue weighted by Crippen LogP contribution is -2.27. The monoisotopic (exact) mass is 436 g/mol. The molecule has 0 aliphatic rings. The molecule has 0 bridgehead atoms. The van der Waals surface area contributed by atoms with E-state index in [2.05, 4.69) is 4.74 Å². The first-order valence-corrected chi connectivity index (χ1v) is 9.40. The van der Waals surface area contributed by atoms with Crippen LogP contribution in [0.1, 0.15) is 5.56 Å². The van der Waals surface area contributed by atoms with Gasteiger partial charge in [0.25, 0.3) is 5.69 Å². The van der Waals surface area contributed by atoms with Crippen molar-refractivity contribution in [2.75, 3.05) is 14.2 Å². The normalized spacial score (nSPS) is 11.7. The molecular formula is C16H15ClF2N2O6S. The van der Waals surface area contributed by atoms with E-state index in [9.17, 15) is 27.3 Å². The predicted octanol–water partition coefficient (Wildman–Crippen LogP) is 3.68. The number of rotatable bonds is 8. The molecule has 0 amide bonds. The molecule has 0 radical (unpaired) electrons. The van der Waals surface area contributed by atoms with Gasteiger partial charge in [0.15, 0.2) is 16.4 Å². The Morgan fingerprint density at radius 3 is 2.46 bits per heavy atom. The molecule has 12 heteroatoms. The number of alkyl halides is 2. The SMILES string of the molecule is COc1cc(CN(C)S(=O)(=O)c2ccc(Cl)cc2[N+](=O)[O-])ccc1OC(F)F. The topological polar surface area (TPSA) is 99.0 Å². The van der Waals surface area contributed by atoms with E-state index in [1.807, 2.05) is 0 Å². The molecule has 0 N–H and O–H groups in total. The Morgan fingerprint density at radius 1 is 1.21 bits per heavy atom. The Balaban J connectivity index is 2.34. The van der Waals surface area contributed by atoms with Gasteiger partial charge in [-0.2, -0.15) is 13.1 Å². The summed E-state index contributed by atoms with van der Waals surface area (Å²) >= 11 is 5.71. The summed E-state index contributed by atoms with van der Waals surface area (Å²) in [5.41, 5.74) is -0.265. The Bertz CT molecular complexity index is 987. The maximum absolute atomic E-state index is 12.8. The summed E-state index contributed by atoms with van der Waals surface area (Å²) in [4.78, 5) is 9.82. The van der Waals surface area contributed by atoms with Crippen molar-refractivity contribution in [3.8, 4) is 11.5 Å². The second kappa shape index (κ2) is 8.67. The van der Waals surface area contributed by atoms with E-state index < -0.39 is 32.1 Å². The third kappa shape index (κ3) is 4.86. The number of hydrogen-bond acceptors (Lipinski definition) is 6. The molecule has 0 heterocycles. The predicted molar refractivity (Wildman–Crippen MR) is 96.4 cm³/mol. The first kappa shape index (κ1) is 21.8. The van der Waals surface area contributed by atoms with E-state index in [0.717, 1.165) is 16.4 Å². The highest BCUT2D eigenvalue weighted by molar-refractivity contribution is 7.89. The second-order valence-electron chi connectivity index (χ2n) is 5.49. The number of nitro benzene ring substituents is 1. The Hall–Kier alpha value is -2.50. The maximum atomic E-state index is 12.8. The van der Waals surface area contributed by atoms with Crippen LogP contribution in [0.5, 0.6) is 11.5 Å². The van der Waals surface area contributed by atoms with Crippen molar-refractivity contribution in [3.63, 3.8) is 0 Å². The summed E-state index contributed by atoms with van der Waals surface area (Å²) in [7, 11) is -1.77. The van der Waals surface area contributed by atoms with Crippen LogP contribution in [0.4, 0.5) is 14.5 Å². The van der Waals surface area contributed by atoms with E-state index in [-0.39, 0.29) is 23.1 Å². The molecule has 0 aromatic heterocycles. The van der Waals surface area contributed by atoms with E-state index in [1.165, 1.54) is 38.4 Å². The van der Waals surface area contributed by atoms with Gasteiger partial charge in [-0.1, -0.05) is 17.7 Å². The number of hydrogen-bond donors (Lipinski definition) is 0. The van der Waals surface area contributed by atoms with Crippen LogP contribution in [-0.2, 0) is 16.6 Å². The van der Waals surface area contributed by atoms with Gasteiger partial charge in [0, 0.05) is 24.7 Å². The van der Waals surface area contributed by atoms with E-state index in [4.69, 9.17) is 16.3 Å². The summed E-state index contributed by atoms with van der Waals surface area (Å²) in [5.74, 6) is -0.221. The lowest BCUT2D eigenvalue weighted by molar-refractivity contribution is -0.387. The molecule has 0 saturated carbocycles. The molecule has 2 aromatic carbocycles. The van der Waals surface area contributed by atoms with Gasteiger partial charge in [-0.25, -0.2) is 8.42 Å². The molecule has 0 unspecified atom stereocenters. The van der Waals surface area contributed by atoms with Gasteiger partial charge in [-0.15, -0.1) is 0 Å². The number of benzene rings is 2. The van der Waals surface area contributed by atoms with Crippen LogP contribution in [0.25, 0.3) is 0 Å².